The summed E-state index contributed by atoms with van der Waals surface area (Å²) in [4.78, 5) is 2.28. The van der Waals surface area contributed by atoms with Crippen molar-refractivity contribution in [3.05, 3.63) is 70.2 Å². The van der Waals surface area contributed by atoms with Gasteiger partial charge in [-0.15, -0.1) is 0 Å². The normalized spacial score (nSPS) is 10.8. The third kappa shape index (κ3) is 2.66. The second-order valence-electron chi connectivity index (χ2n) is 4.13. The van der Waals surface area contributed by atoms with Crippen LogP contribution in [0.5, 0.6) is 0 Å². The zero-order valence-electron chi connectivity index (χ0n) is 9.94. The van der Waals surface area contributed by atoms with Gasteiger partial charge in [0.15, 0.2) is 0 Å². The van der Waals surface area contributed by atoms with Crippen molar-refractivity contribution < 1.29 is 0 Å². The van der Waals surface area contributed by atoms with Crippen LogP contribution < -0.4 is 0 Å². The van der Waals surface area contributed by atoms with Crippen molar-refractivity contribution in [3.8, 4) is 0 Å². The van der Waals surface area contributed by atoms with Crippen LogP contribution in [0.3, 0.4) is 0 Å². The van der Waals surface area contributed by atoms with Crippen molar-refractivity contribution in [2.24, 2.45) is 0 Å². The topological polar surface area (TPSA) is 0 Å². The standard InChI is InChI=1S/C16H10BrClS/c17-12-7-3-5-11-6-4-10-15(16(11)12)19-14-9-2-1-8-13(14)18/h1-10H. The lowest BCUT2D eigenvalue weighted by Gasteiger charge is -2.09. The third-order valence-corrected chi connectivity index (χ3v) is 5.11. The van der Waals surface area contributed by atoms with Gasteiger partial charge in [-0.3, -0.25) is 0 Å². The molecule has 0 nitrogen and oxygen atoms in total. The highest BCUT2D eigenvalue weighted by Crippen LogP contribution is 2.39. The van der Waals surface area contributed by atoms with Gasteiger partial charge in [0.25, 0.3) is 0 Å². The zero-order chi connectivity index (χ0) is 13.2. The first-order valence-corrected chi connectivity index (χ1v) is 7.84. The number of fused-ring (bicyclic) bond motifs is 1. The molecule has 0 unspecified atom stereocenters. The lowest BCUT2D eigenvalue weighted by Crippen LogP contribution is -1.80. The van der Waals surface area contributed by atoms with Gasteiger partial charge in [-0.2, -0.15) is 0 Å². The fourth-order valence-corrected chi connectivity index (χ4v) is 4.00. The van der Waals surface area contributed by atoms with Gasteiger partial charge in [-0.05, 0) is 29.7 Å². The maximum atomic E-state index is 6.23. The second-order valence-corrected chi connectivity index (χ2v) is 6.47. The summed E-state index contributed by atoms with van der Waals surface area (Å²) in [6.07, 6.45) is 0. The highest BCUT2D eigenvalue weighted by Gasteiger charge is 2.07. The smallest absolute Gasteiger partial charge is 0.0545 e. The SMILES string of the molecule is Clc1ccccc1Sc1cccc2cccc(Br)c12. The van der Waals surface area contributed by atoms with E-state index in [1.165, 1.54) is 15.7 Å². The summed E-state index contributed by atoms with van der Waals surface area (Å²) < 4.78 is 1.11. The lowest BCUT2D eigenvalue weighted by atomic mass is 10.1. The van der Waals surface area contributed by atoms with Gasteiger partial charge in [0.05, 0.1) is 5.02 Å². The Hall–Kier alpha value is -0.960. The monoisotopic (exact) mass is 348 g/mol. The van der Waals surface area contributed by atoms with Gasteiger partial charge in [-0.25, -0.2) is 0 Å². The Labute approximate surface area is 129 Å². The number of hydrogen-bond acceptors (Lipinski definition) is 1. The van der Waals surface area contributed by atoms with Crippen LogP contribution in [0.2, 0.25) is 5.02 Å². The minimum atomic E-state index is 0.788. The van der Waals surface area contributed by atoms with Gasteiger partial charge in [0, 0.05) is 19.6 Å². The average molecular weight is 350 g/mol. The minimum absolute atomic E-state index is 0.788. The summed E-state index contributed by atoms with van der Waals surface area (Å²) in [6, 6.07) is 20.5. The first-order valence-electron chi connectivity index (χ1n) is 5.85. The van der Waals surface area contributed by atoms with Crippen LogP contribution in [0.1, 0.15) is 0 Å². The first-order chi connectivity index (χ1) is 9.25. The molecule has 0 spiro atoms. The van der Waals surface area contributed by atoms with Gasteiger partial charge in [0.2, 0.25) is 0 Å². The van der Waals surface area contributed by atoms with Crippen LogP contribution in [0.15, 0.2) is 74.9 Å². The molecule has 0 bridgehead atoms. The van der Waals surface area contributed by atoms with E-state index in [0.717, 1.165) is 14.4 Å². The van der Waals surface area contributed by atoms with Crippen LogP contribution >= 0.6 is 39.3 Å². The highest BCUT2D eigenvalue weighted by atomic mass is 79.9. The van der Waals surface area contributed by atoms with E-state index in [2.05, 4.69) is 52.3 Å². The number of benzene rings is 3. The van der Waals surface area contributed by atoms with Crippen LogP contribution in [-0.2, 0) is 0 Å². The molecule has 0 atom stereocenters. The quantitative estimate of drug-likeness (QED) is 0.515. The fourth-order valence-electron chi connectivity index (χ4n) is 1.99. The summed E-state index contributed by atoms with van der Waals surface area (Å²) in [6.45, 7) is 0. The average Bonchev–Trinajstić information content (AvgIpc) is 2.42. The van der Waals surface area contributed by atoms with E-state index in [9.17, 15) is 0 Å². The lowest BCUT2D eigenvalue weighted by molar-refractivity contribution is 1.43. The predicted octanol–water partition coefficient (Wildman–Crippen LogP) is 6.41. The Kier molecular flexibility index (Phi) is 3.83. The molecule has 0 amide bonds. The molecular weight excluding hydrogens is 340 g/mol. The Morgan fingerprint density at radius 3 is 2.26 bits per heavy atom. The van der Waals surface area contributed by atoms with Gasteiger partial charge in [-0.1, -0.05) is 75.7 Å². The second kappa shape index (κ2) is 5.58. The maximum Gasteiger partial charge on any atom is 0.0545 e. The van der Waals surface area contributed by atoms with Crippen molar-refractivity contribution in [2.75, 3.05) is 0 Å². The molecule has 0 N–H and O–H groups in total. The van der Waals surface area contributed by atoms with E-state index in [1.807, 2.05) is 24.3 Å². The Balaban J connectivity index is 2.14. The van der Waals surface area contributed by atoms with E-state index in [0.29, 0.717) is 0 Å². The number of rotatable bonds is 2. The first kappa shape index (κ1) is 13.0. The zero-order valence-corrected chi connectivity index (χ0v) is 13.1. The minimum Gasteiger partial charge on any atom is -0.0878 e. The maximum absolute atomic E-state index is 6.23. The van der Waals surface area contributed by atoms with Crippen LogP contribution in [0, 0.1) is 0 Å². The van der Waals surface area contributed by atoms with E-state index in [4.69, 9.17) is 11.6 Å². The summed E-state index contributed by atoms with van der Waals surface area (Å²) in [7, 11) is 0. The molecule has 0 aromatic heterocycles. The molecule has 0 radical (unpaired) electrons. The molecule has 19 heavy (non-hydrogen) atoms. The van der Waals surface area contributed by atoms with E-state index >= 15 is 0 Å². The van der Waals surface area contributed by atoms with Crippen molar-refractivity contribution in [2.45, 2.75) is 9.79 Å². The number of hydrogen-bond donors (Lipinski definition) is 0. The van der Waals surface area contributed by atoms with E-state index in [-0.39, 0.29) is 0 Å². The number of halogens is 2. The summed E-state index contributed by atoms with van der Waals surface area (Å²) in [5, 5.41) is 3.25. The van der Waals surface area contributed by atoms with Crippen LogP contribution in [0.25, 0.3) is 10.8 Å². The van der Waals surface area contributed by atoms with Gasteiger partial charge in [0.1, 0.15) is 0 Å². The van der Waals surface area contributed by atoms with E-state index < -0.39 is 0 Å². The van der Waals surface area contributed by atoms with Crippen molar-refractivity contribution in [1.29, 1.82) is 0 Å². The van der Waals surface area contributed by atoms with Crippen molar-refractivity contribution in [3.63, 3.8) is 0 Å². The molecule has 3 aromatic rings. The van der Waals surface area contributed by atoms with Crippen LogP contribution in [-0.4, -0.2) is 0 Å². The van der Waals surface area contributed by atoms with Gasteiger partial charge >= 0.3 is 0 Å². The molecule has 0 saturated heterocycles. The molecule has 0 fully saturated rings. The Bertz CT molecular complexity index is 734. The molecule has 3 aromatic carbocycles. The molecule has 0 heterocycles. The molecule has 3 rings (SSSR count). The Morgan fingerprint density at radius 2 is 1.47 bits per heavy atom. The molecule has 94 valence electrons. The van der Waals surface area contributed by atoms with Crippen LogP contribution in [0.4, 0.5) is 0 Å². The molecule has 0 aliphatic rings. The molecular formula is C16H10BrClS. The molecule has 0 saturated carbocycles. The van der Waals surface area contributed by atoms with Crippen molar-refractivity contribution in [1.82, 2.24) is 0 Å². The van der Waals surface area contributed by atoms with Gasteiger partial charge < -0.3 is 0 Å². The van der Waals surface area contributed by atoms with Crippen molar-refractivity contribution >= 4 is 50.1 Å². The third-order valence-electron chi connectivity index (χ3n) is 2.87. The molecule has 0 aliphatic heterocycles. The predicted molar refractivity (Wildman–Crippen MR) is 87.2 cm³/mol. The summed E-state index contributed by atoms with van der Waals surface area (Å²) in [5.41, 5.74) is 0. The Morgan fingerprint density at radius 1 is 0.789 bits per heavy atom. The largest absolute Gasteiger partial charge is 0.0878 e. The fraction of sp³-hybridized carbons (Fsp3) is 0. The summed E-state index contributed by atoms with van der Waals surface area (Å²) in [5.74, 6) is 0. The molecule has 0 aliphatic carbocycles. The summed E-state index contributed by atoms with van der Waals surface area (Å²) >= 11 is 11.6. The molecule has 3 heteroatoms. The van der Waals surface area contributed by atoms with E-state index in [1.54, 1.807) is 11.8 Å². The highest BCUT2D eigenvalue weighted by molar-refractivity contribution is 9.10.